The predicted octanol–water partition coefficient (Wildman–Crippen LogP) is 6.97. The molecule has 1 aromatic carbocycles. The standard InChI is InChI=1S/C30H45NO5/c1-18-10-9-14-29(5,6)19(2)16-24(22-11-12-23-25(17-22)35-21(4)31-23)36-26(32)13-15-30(7,8)28(34)20(3)27(18)33/h11-12,17-20,24,27,33H,9-10,13-16H2,1-8H3/t18-,19-,20+,24?,27?/m0/s1. The number of aromatic nitrogens is 1. The molecule has 0 spiro atoms. The van der Waals surface area contributed by atoms with Crippen LogP contribution in [0.5, 0.6) is 0 Å². The fourth-order valence-corrected chi connectivity index (χ4v) is 5.47. The van der Waals surface area contributed by atoms with Crippen LogP contribution in [-0.4, -0.2) is 27.9 Å². The highest BCUT2D eigenvalue weighted by molar-refractivity contribution is 5.87. The van der Waals surface area contributed by atoms with Crippen LogP contribution in [0.3, 0.4) is 0 Å². The third kappa shape index (κ3) is 6.56. The zero-order valence-electron chi connectivity index (χ0n) is 23.4. The summed E-state index contributed by atoms with van der Waals surface area (Å²) in [6.45, 7) is 16.1. The molecule has 0 bridgehead atoms. The van der Waals surface area contributed by atoms with Crippen molar-refractivity contribution >= 4 is 22.9 Å². The second-order valence-corrected chi connectivity index (χ2v) is 12.5. The van der Waals surface area contributed by atoms with Crippen LogP contribution in [0.2, 0.25) is 0 Å². The van der Waals surface area contributed by atoms with E-state index in [1.54, 1.807) is 0 Å². The molecule has 1 saturated heterocycles. The highest BCUT2D eigenvalue weighted by Gasteiger charge is 2.38. The Morgan fingerprint density at radius 3 is 2.44 bits per heavy atom. The van der Waals surface area contributed by atoms with Crippen molar-refractivity contribution in [2.24, 2.45) is 28.6 Å². The van der Waals surface area contributed by atoms with Gasteiger partial charge in [0.25, 0.3) is 0 Å². The number of aliphatic hydroxyl groups excluding tert-OH is 1. The number of carbonyl (C=O) groups excluding carboxylic acids is 2. The average Bonchev–Trinajstić information content (AvgIpc) is 3.19. The molecular weight excluding hydrogens is 454 g/mol. The zero-order valence-corrected chi connectivity index (χ0v) is 23.4. The van der Waals surface area contributed by atoms with Crippen LogP contribution >= 0.6 is 0 Å². The Labute approximate surface area is 216 Å². The van der Waals surface area contributed by atoms with Crippen molar-refractivity contribution in [3.05, 3.63) is 29.7 Å². The van der Waals surface area contributed by atoms with Gasteiger partial charge in [0.05, 0.1) is 6.10 Å². The summed E-state index contributed by atoms with van der Waals surface area (Å²) in [6.07, 6.45) is 2.95. The number of oxazole rings is 1. The lowest BCUT2D eigenvalue weighted by Gasteiger charge is -2.36. The molecule has 1 fully saturated rings. The van der Waals surface area contributed by atoms with E-state index in [2.05, 4.69) is 25.8 Å². The van der Waals surface area contributed by atoms with Crippen LogP contribution in [0, 0.1) is 35.5 Å². The molecule has 2 aromatic rings. The van der Waals surface area contributed by atoms with E-state index in [4.69, 9.17) is 9.15 Å². The summed E-state index contributed by atoms with van der Waals surface area (Å²) in [4.78, 5) is 30.7. The number of cyclic esters (lactones) is 1. The first-order valence-electron chi connectivity index (χ1n) is 13.5. The van der Waals surface area contributed by atoms with Gasteiger partial charge in [-0.15, -0.1) is 0 Å². The van der Waals surface area contributed by atoms with Crippen molar-refractivity contribution in [3.8, 4) is 0 Å². The SMILES string of the molecule is Cc1nc2ccc(C3C[C@H](C)C(C)(C)CCC[C@H](C)C(O)[C@@H](C)C(=O)C(C)(C)CCC(=O)O3)cc2o1. The number of ketones is 1. The van der Waals surface area contributed by atoms with Crippen LogP contribution in [0.15, 0.2) is 22.6 Å². The number of hydrogen-bond donors (Lipinski definition) is 1. The molecule has 5 atom stereocenters. The van der Waals surface area contributed by atoms with E-state index in [1.165, 1.54) is 0 Å². The average molecular weight is 500 g/mol. The van der Waals surface area contributed by atoms with Gasteiger partial charge in [-0.2, -0.15) is 0 Å². The number of Topliss-reactive ketones (excluding diaryl/α,β-unsaturated/α-hetero) is 1. The molecule has 3 rings (SSSR count). The molecule has 2 heterocycles. The van der Waals surface area contributed by atoms with E-state index in [-0.39, 0.29) is 35.4 Å². The minimum atomic E-state index is -0.725. The molecule has 0 amide bonds. The number of ether oxygens (including phenoxy) is 1. The number of esters is 1. The van der Waals surface area contributed by atoms with Gasteiger partial charge in [0.1, 0.15) is 17.4 Å². The van der Waals surface area contributed by atoms with Crippen molar-refractivity contribution in [1.82, 2.24) is 4.98 Å². The van der Waals surface area contributed by atoms with Gasteiger partial charge in [-0.1, -0.05) is 61.0 Å². The first kappa shape index (κ1) is 28.4. The van der Waals surface area contributed by atoms with Crippen LogP contribution in [0.1, 0.15) is 105 Å². The predicted molar refractivity (Wildman–Crippen MR) is 141 cm³/mol. The second-order valence-electron chi connectivity index (χ2n) is 12.5. The van der Waals surface area contributed by atoms with Crippen LogP contribution < -0.4 is 0 Å². The molecule has 6 nitrogen and oxygen atoms in total. The highest BCUT2D eigenvalue weighted by Crippen LogP contribution is 2.41. The van der Waals surface area contributed by atoms with Crippen LogP contribution in [-0.2, 0) is 14.3 Å². The first-order chi connectivity index (χ1) is 16.7. The number of rotatable bonds is 1. The fraction of sp³-hybridized carbons (Fsp3) is 0.700. The summed E-state index contributed by atoms with van der Waals surface area (Å²) in [5.41, 5.74) is 1.67. The number of benzene rings is 1. The molecule has 2 unspecified atom stereocenters. The maximum absolute atomic E-state index is 13.3. The summed E-state index contributed by atoms with van der Waals surface area (Å²) >= 11 is 0. The third-order valence-corrected chi connectivity index (χ3v) is 8.68. The van der Waals surface area contributed by atoms with E-state index >= 15 is 0 Å². The van der Waals surface area contributed by atoms with Crippen LogP contribution in [0.4, 0.5) is 0 Å². The van der Waals surface area contributed by atoms with Crippen molar-refractivity contribution in [2.45, 2.75) is 106 Å². The van der Waals surface area contributed by atoms with E-state index < -0.39 is 23.5 Å². The molecule has 0 radical (unpaired) electrons. The Kier molecular flexibility index (Phi) is 8.70. The van der Waals surface area contributed by atoms with Crippen LogP contribution in [0.25, 0.3) is 11.1 Å². The maximum Gasteiger partial charge on any atom is 0.306 e. The number of hydrogen-bond acceptors (Lipinski definition) is 6. The van der Waals surface area contributed by atoms with Gasteiger partial charge < -0.3 is 14.3 Å². The molecule has 1 aliphatic rings. The summed E-state index contributed by atoms with van der Waals surface area (Å²) in [5, 5.41) is 10.9. The molecule has 36 heavy (non-hydrogen) atoms. The summed E-state index contributed by atoms with van der Waals surface area (Å²) in [7, 11) is 0. The van der Waals surface area contributed by atoms with Gasteiger partial charge in [-0.25, -0.2) is 4.98 Å². The molecule has 0 saturated carbocycles. The molecule has 6 heteroatoms. The molecule has 200 valence electrons. The first-order valence-corrected chi connectivity index (χ1v) is 13.5. The lowest BCUT2D eigenvalue weighted by molar-refractivity contribution is -0.152. The van der Waals surface area contributed by atoms with Crippen molar-refractivity contribution in [3.63, 3.8) is 0 Å². The van der Waals surface area contributed by atoms with Crippen molar-refractivity contribution < 1.29 is 23.8 Å². The minimum Gasteiger partial charge on any atom is -0.457 e. The molecule has 1 aliphatic heterocycles. The Balaban J connectivity index is 1.91. The maximum atomic E-state index is 13.3. The lowest BCUT2D eigenvalue weighted by atomic mass is 9.71. The second kappa shape index (κ2) is 11.0. The summed E-state index contributed by atoms with van der Waals surface area (Å²) in [6, 6.07) is 5.82. The normalized spacial score (nSPS) is 30.8. The molecule has 1 N–H and O–H groups in total. The van der Waals surface area contributed by atoms with Gasteiger partial charge in [-0.3, -0.25) is 9.59 Å². The summed E-state index contributed by atoms with van der Waals surface area (Å²) in [5.74, 6) is 0.135. The molecule has 1 aromatic heterocycles. The number of aryl methyl sites for hydroxylation is 1. The van der Waals surface area contributed by atoms with Gasteiger partial charge in [0.2, 0.25) is 0 Å². The van der Waals surface area contributed by atoms with Gasteiger partial charge in [0, 0.05) is 24.7 Å². The monoisotopic (exact) mass is 499 g/mol. The van der Waals surface area contributed by atoms with E-state index in [0.717, 1.165) is 30.3 Å². The minimum absolute atomic E-state index is 0.00149. The van der Waals surface area contributed by atoms with E-state index in [9.17, 15) is 14.7 Å². The number of carbonyl (C=O) groups is 2. The van der Waals surface area contributed by atoms with Gasteiger partial charge >= 0.3 is 5.97 Å². The zero-order chi connectivity index (χ0) is 26.8. The molecule has 0 aliphatic carbocycles. The van der Waals surface area contributed by atoms with E-state index in [1.807, 2.05) is 52.8 Å². The quantitative estimate of drug-likeness (QED) is 0.426. The highest BCUT2D eigenvalue weighted by atomic mass is 16.5. The Morgan fingerprint density at radius 2 is 1.75 bits per heavy atom. The topological polar surface area (TPSA) is 89.6 Å². The van der Waals surface area contributed by atoms with Crippen molar-refractivity contribution in [1.29, 1.82) is 0 Å². The largest absolute Gasteiger partial charge is 0.457 e. The lowest BCUT2D eigenvalue weighted by Crippen LogP contribution is -2.39. The van der Waals surface area contributed by atoms with Crippen molar-refractivity contribution in [2.75, 3.05) is 0 Å². The van der Waals surface area contributed by atoms with Gasteiger partial charge in [0.15, 0.2) is 11.5 Å². The molecular formula is C30H45NO5. The fourth-order valence-electron chi connectivity index (χ4n) is 5.47. The number of fused-ring (bicyclic) bond motifs is 1. The third-order valence-electron chi connectivity index (χ3n) is 8.68. The number of aliphatic hydroxyl groups is 1. The Morgan fingerprint density at radius 1 is 1.06 bits per heavy atom. The smallest absolute Gasteiger partial charge is 0.306 e. The summed E-state index contributed by atoms with van der Waals surface area (Å²) < 4.78 is 11.8. The Hall–Kier alpha value is -2.21. The van der Waals surface area contributed by atoms with E-state index in [0.29, 0.717) is 24.3 Å². The number of nitrogens with zero attached hydrogens (tertiary/aromatic N) is 1. The van der Waals surface area contributed by atoms with Gasteiger partial charge in [-0.05, 0) is 60.6 Å². The Bertz CT molecular complexity index is 1070.